The van der Waals surface area contributed by atoms with E-state index in [4.69, 9.17) is 19.3 Å². The predicted octanol–water partition coefficient (Wildman–Crippen LogP) is 0.674. The van der Waals surface area contributed by atoms with Crippen LogP contribution in [0.1, 0.15) is 22.8 Å². The number of carbonyl (C=O) groups is 1. The van der Waals surface area contributed by atoms with Crippen LogP contribution in [0.3, 0.4) is 0 Å². The fraction of sp³-hybridized carbons (Fsp3) is 0.462. The van der Waals surface area contributed by atoms with Crippen LogP contribution in [-0.4, -0.2) is 41.3 Å². The molecule has 0 atom stereocenters. The van der Waals surface area contributed by atoms with Crippen LogP contribution in [0.2, 0.25) is 0 Å². The number of nitrogens with two attached hydrogens (primary N) is 1. The molecule has 0 heterocycles. The average Bonchev–Trinajstić information content (AvgIpc) is 2.42. The summed E-state index contributed by atoms with van der Waals surface area (Å²) in [6.07, 6.45) is 0. The van der Waals surface area contributed by atoms with Crippen molar-refractivity contribution in [1.29, 1.82) is 0 Å². The van der Waals surface area contributed by atoms with E-state index in [1.54, 1.807) is 0 Å². The summed E-state index contributed by atoms with van der Waals surface area (Å²) in [4.78, 5) is 11.7. The molecular formula is C13H19NO6S. The van der Waals surface area contributed by atoms with Gasteiger partial charge in [0.2, 0.25) is 10.0 Å². The van der Waals surface area contributed by atoms with Crippen molar-refractivity contribution >= 4 is 16.0 Å². The molecular weight excluding hydrogens is 298 g/mol. The average molecular weight is 317 g/mol. The van der Waals surface area contributed by atoms with Crippen LogP contribution in [0.4, 0.5) is 0 Å². The van der Waals surface area contributed by atoms with Crippen LogP contribution in [0.15, 0.2) is 23.1 Å². The standard InChI is InChI=1S/C13H19NO6S/c1-3-19-4-5-20-13(15)11-6-10(9-18-2)7-12(8-11)21(14,16)17/h6-8H,3-5,9H2,1-2H3,(H2,14,16,17). The minimum Gasteiger partial charge on any atom is -0.460 e. The normalized spacial score (nSPS) is 11.4. The molecule has 0 unspecified atom stereocenters. The molecule has 0 fully saturated rings. The maximum absolute atomic E-state index is 11.9. The van der Waals surface area contributed by atoms with Gasteiger partial charge in [-0.15, -0.1) is 0 Å². The maximum Gasteiger partial charge on any atom is 0.338 e. The number of primary sulfonamides is 1. The topological polar surface area (TPSA) is 105 Å². The van der Waals surface area contributed by atoms with Gasteiger partial charge >= 0.3 is 5.97 Å². The Morgan fingerprint density at radius 2 is 1.95 bits per heavy atom. The number of hydrogen-bond donors (Lipinski definition) is 1. The molecule has 1 aromatic rings. The lowest BCUT2D eigenvalue weighted by molar-refractivity contribution is 0.0335. The summed E-state index contributed by atoms with van der Waals surface area (Å²) in [5.41, 5.74) is 0.617. The van der Waals surface area contributed by atoms with Gasteiger partial charge in [-0.1, -0.05) is 0 Å². The fourth-order valence-corrected chi connectivity index (χ4v) is 2.22. The predicted molar refractivity (Wildman–Crippen MR) is 75.3 cm³/mol. The van der Waals surface area contributed by atoms with Crippen molar-refractivity contribution in [3.63, 3.8) is 0 Å². The van der Waals surface area contributed by atoms with E-state index in [1.807, 2.05) is 6.92 Å². The van der Waals surface area contributed by atoms with Gasteiger partial charge in [0.1, 0.15) is 6.61 Å². The molecule has 0 radical (unpaired) electrons. The van der Waals surface area contributed by atoms with E-state index in [-0.39, 0.29) is 30.3 Å². The minimum absolute atomic E-state index is 0.0892. The van der Waals surface area contributed by atoms with Gasteiger partial charge in [-0.05, 0) is 30.7 Å². The van der Waals surface area contributed by atoms with Crippen LogP contribution < -0.4 is 5.14 Å². The second kappa shape index (κ2) is 8.08. The van der Waals surface area contributed by atoms with Crippen LogP contribution in [0.5, 0.6) is 0 Å². The number of benzene rings is 1. The van der Waals surface area contributed by atoms with Crippen molar-refractivity contribution in [2.45, 2.75) is 18.4 Å². The third-order valence-electron chi connectivity index (χ3n) is 2.51. The minimum atomic E-state index is -3.92. The van der Waals surface area contributed by atoms with Crippen LogP contribution in [0.25, 0.3) is 0 Å². The smallest absolute Gasteiger partial charge is 0.338 e. The molecule has 21 heavy (non-hydrogen) atoms. The third-order valence-corrected chi connectivity index (χ3v) is 3.40. The maximum atomic E-state index is 11.9. The fourth-order valence-electron chi connectivity index (χ4n) is 1.61. The highest BCUT2D eigenvalue weighted by molar-refractivity contribution is 7.89. The molecule has 0 aliphatic heterocycles. The first-order valence-corrected chi connectivity index (χ1v) is 7.83. The van der Waals surface area contributed by atoms with E-state index >= 15 is 0 Å². The number of hydrogen-bond acceptors (Lipinski definition) is 6. The van der Waals surface area contributed by atoms with Crippen LogP contribution >= 0.6 is 0 Å². The first kappa shape index (κ1) is 17.6. The molecule has 0 bridgehead atoms. The van der Waals surface area contributed by atoms with Gasteiger partial charge in [0, 0.05) is 13.7 Å². The lowest BCUT2D eigenvalue weighted by atomic mass is 10.1. The first-order chi connectivity index (χ1) is 9.88. The van der Waals surface area contributed by atoms with E-state index in [0.717, 1.165) is 0 Å². The number of rotatable bonds is 8. The zero-order chi connectivity index (χ0) is 15.9. The highest BCUT2D eigenvalue weighted by Gasteiger charge is 2.15. The molecule has 0 amide bonds. The van der Waals surface area contributed by atoms with E-state index in [0.29, 0.717) is 12.2 Å². The van der Waals surface area contributed by atoms with Gasteiger partial charge in [-0.2, -0.15) is 0 Å². The largest absolute Gasteiger partial charge is 0.460 e. The Kier molecular flexibility index (Phi) is 6.76. The van der Waals surface area contributed by atoms with Gasteiger partial charge in [0.15, 0.2) is 0 Å². The number of sulfonamides is 1. The van der Waals surface area contributed by atoms with Crippen molar-refractivity contribution in [2.75, 3.05) is 26.9 Å². The van der Waals surface area contributed by atoms with Gasteiger partial charge in [0.05, 0.1) is 23.7 Å². The zero-order valence-electron chi connectivity index (χ0n) is 12.0. The Morgan fingerprint density at radius 3 is 2.52 bits per heavy atom. The first-order valence-electron chi connectivity index (χ1n) is 6.29. The van der Waals surface area contributed by atoms with Crippen molar-refractivity contribution in [3.05, 3.63) is 29.3 Å². The Morgan fingerprint density at radius 1 is 1.24 bits per heavy atom. The summed E-state index contributed by atoms with van der Waals surface area (Å²) in [5.74, 6) is -0.641. The van der Waals surface area contributed by atoms with E-state index in [1.165, 1.54) is 25.3 Å². The molecule has 0 spiro atoms. The van der Waals surface area contributed by atoms with Crippen molar-refractivity contribution < 1.29 is 27.4 Å². The molecule has 0 saturated heterocycles. The molecule has 118 valence electrons. The molecule has 0 aromatic heterocycles. The summed E-state index contributed by atoms with van der Waals surface area (Å²) in [6.45, 7) is 2.88. The molecule has 2 N–H and O–H groups in total. The quantitative estimate of drug-likeness (QED) is 0.558. The highest BCUT2D eigenvalue weighted by atomic mass is 32.2. The summed E-state index contributed by atoms with van der Waals surface area (Å²) in [5, 5.41) is 5.09. The van der Waals surface area contributed by atoms with Gasteiger partial charge in [-0.25, -0.2) is 18.4 Å². The summed E-state index contributed by atoms with van der Waals surface area (Å²) < 4.78 is 37.8. The lowest BCUT2D eigenvalue weighted by Gasteiger charge is -2.09. The Bertz CT molecular complexity index is 584. The summed E-state index contributed by atoms with van der Waals surface area (Å²) in [6, 6.07) is 4.04. The van der Waals surface area contributed by atoms with Gasteiger partial charge in [0.25, 0.3) is 0 Å². The monoisotopic (exact) mass is 317 g/mol. The number of carbonyl (C=O) groups excluding carboxylic acids is 1. The van der Waals surface area contributed by atoms with Crippen LogP contribution in [0, 0.1) is 0 Å². The molecule has 7 nitrogen and oxygen atoms in total. The Hall–Kier alpha value is -1.48. The van der Waals surface area contributed by atoms with Crippen LogP contribution in [-0.2, 0) is 30.8 Å². The summed E-state index contributed by atoms with van der Waals surface area (Å²) in [7, 11) is -2.45. The number of methoxy groups -OCH3 is 1. The molecule has 1 aromatic carbocycles. The van der Waals surface area contributed by atoms with Crippen molar-refractivity contribution in [1.82, 2.24) is 0 Å². The van der Waals surface area contributed by atoms with Crippen molar-refractivity contribution in [3.8, 4) is 0 Å². The van der Waals surface area contributed by atoms with Gasteiger partial charge < -0.3 is 14.2 Å². The third kappa shape index (κ3) is 5.80. The van der Waals surface area contributed by atoms with Crippen molar-refractivity contribution in [2.24, 2.45) is 5.14 Å². The Labute approximate surface area is 124 Å². The number of esters is 1. The van der Waals surface area contributed by atoms with E-state index in [9.17, 15) is 13.2 Å². The molecule has 0 aliphatic carbocycles. The van der Waals surface area contributed by atoms with E-state index < -0.39 is 16.0 Å². The molecule has 8 heteroatoms. The molecule has 1 rings (SSSR count). The second-order valence-electron chi connectivity index (χ2n) is 4.18. The Balaban J connectivity index is 2.94. The second-order valence-corrected chi connectivity index (χ2v) is 5.74. The lowest BCUT2D eigenvalue weighted by Crippen LogP contribution is -2.15. The SMILES string of the molecule is CCOCCOC(=O)c1cc(COC)cc(S(N)(=O)=O)c1. The summed E-state index contributed by atoms with van der Waals surface area (Å²) >= 11 is 0. The van der Waals surface area contributed by atoms with Gasteiger partial charge in [-0.3, -0.25) is 0 Å². The molecule has 0 aliphatic rings. The molecule has 0 saturated carbocycles. The number of ether oxygens (including phenoxy) is 3. The van der Waals surface area contributed by atoms with E-state index in [2.05, 4.69) is 0 Å². The zero-order valence-corrected chi connectivity index (χ0v) is 12.8. The highest BCUT2D eigenvalue weighted by Crippen LogP contribution is 2.16.